The van der Waals surface area contributed by atoms with Gasteiger partial charge in [0.1, 0.15) is 5.82 Å². The third-order valence-corrected chi connectivity index (χ3v) is 3.83. The van der Waals surface area contributed by atoms with Gasteiger partial charge in [0.25, 0.3) is 0 Å². The molecule has 1 unspecified atom stereocenters. The molecule has 1 N–H and O–H groups in total. The maximum Gasteiger partial charge on any atom is 0.321 e. The molecule has 0 bridgehead atoms. The van der Waals surface area contributed by atoms with Gasteiger partial charge in [0.2, 0.25) is 0 Å². The quantitative estimate of drug-likeness (QED) is 0.922. The van der Waals surface area contributed by atoms with E-state index >= 15 is 0 Å². The highest BCUT2D eigenvalue weighted by Gasteiger charge is 2.16. The van der Waals surface area contributed by atoms with Gasteiger partial charge in [-0.15, -0.1) is 0 Å². The van der Waals surface area contributed by atoms with Gasteiger partial charge in [-0.3, -0.25) is 0 Å². The summed E-state index contributed by atoms with van der Waals surface area (Å²) in [5, 5.41) is 2.70. The molecule has 4 nitrogen and oxygen atoms in total. The number of aryl methyl sites for hydroxylation is 1. The predicted octanol–water partition coefficient (Wildman–Crippen LogP) is 3.56. The minimum atomic E-state index is -0.314. The summed E-state index contributed by atoms with van der Waals surface area (Å²) in [7, 11) is 1.74. The minimum Gasteiger partial charge on any atom is -0.378 e. The van der Waals surface area contributed by atoms with Gasteiger partial charge in [-0.2, -0.15) is 0 Å². The fourth-order valence-corrected chi connectivity index (χ4v) is 2.36. The van der Waals surface area contributed by atoms with Crippen molar-refractivity contribution in [3.8, 4) is 0 Å². The molecule has 1 heterocycles. The van der Waals surface area contributed by atoms with Gasteiger partial charge in [-0.25, -0.2) is 9.18 Å². The number of urea groups is 1. The molecular formula is C16H23FN2O2. The third-order valence-electron chi connectivity index (χ3n) is 3.83. The van der Waals surface area contributed by atoms with Gasteiger partial charge in [0.15, 0.2) is 0 Å². The highest BCUT2D eigenvalue weighted by Crippen LogP contribution is 2.17. The number of hydrogen-bond acceptors (Lipinski definition) is 2. The van der Waals surface area contributed by atoms with Crippen molar-refractivity contribution >= 4 is 11.7 Å². The Labute approximate surface area is 125 Å². The van der Waals surface area contributed by atoms with Crippen molar-refractivity contribution in [1.82, 2.24) is 4.90 Å². The Kier molecular flexibility index (Phi) is 5.56. The van der Waals surface area contributed by atoms with Gasteiger partial charge in [-0.05, 0) is 50.3 Å². The first kappa shape index (κ1) is 15.8. The van der Waals surface area contributed by atoms with Crippen molar-refractivity contribution < 1.29 is 13.9 Å². The molecule has 1 aliphatic heterocycles. The molecule has 21 heavy (non-hydrogen) atoms. The molecule has 2 amide bonds. The van der Waals surface area contributed by atoms with E-state index in [1.807, 2.05) is 0 Å². The van der Waals surface area contributed by atoms with Crippen LogP contribution in [0.25, 0.3) is 0 Å². The van der Waals surface area contributed by atoms with Crippen LogP contribution in [0.2, 0.25) is 0 Å². The van der Waals surface area contributed by atoms with Crippen molar-refractivity contribution in [3.05, 3.63) is 29.6 Å². The monoisotopic (exact) mass is 294 g/mol. The minimum absolute atomic E-state index is 0.228. The van der Waals surface area contributed by atoms with Gasteiger partial charge in [-0.1, -0.05) is 6.07 Å². The van der Waals surface area contributed by atoms with Crippen LogP contribution in [0, 0.1) is 12.7 Å². The Morgan fingerprint density at radius 1 is 1.48 bits per heavy atom. The number of carbonyl (C=O) groups is 1. The van der Waals surface area contributed by atoms with Crippen LogP contribution in [0.4, 0.5) is 14.9 Å². The third kappa shape index (κ3) is 4.70. The maximum atomic E-state index is 13.4. The van der Waals surface area contributed by atoms with Crippen LogP contribution >= 0.6 is 0 Å². The first-order valence-electron chi connectivity index (χ1n) is 7.46. The summed E-state index contributed by atoms with van der Waals surface area (Å²) >= 11 is 0. The second-order valence-electron chi connectivity index (χ2n) is 5.59. The van der Waals surface area contributed by atoms with E-state index in [0.717, 1.165) is 25.9 Å². The standard InChI is InChI=1S/C16H23FN2O2/c1-12-6-7-13(11-15(12)17)18-16(20)19(2)9-8-14-5-3-4-10-21-14/h6-7,11,14H,3-5,8-10H2,1-2H3,(H,18,20). The number of amides is 2. The van der Waals surface area contributed by atoms with E-state index in [9.17, 15) is 9.18 Å². The van der Waals surface area contributed by atoms with Crippen molar-refractivity contribution in [2.75, 3.05) is 25.5 Å². The zero-order valence-electron chi connectivity index (χ0n) is 12.7. The number of ether oxygens (including phenoxy) is 1. The lowest BCUT2D eigenvalue weighted by atomic mass is 10.1. The summed E-state index contributed by atoms with van der Waals surface area (Å²) in [6, 6.07) is 4.47. The van der Waals surface area contributed by atoms with E-state index in [2.05, 4.69) is 5.32 Å². The largest absolute Gasteiger partial charge is 0.378 e. The average Bonchev–Trinajstić information content (AvgIpc) is 2.49. The van der Waals surface area contributed by atoms with Crippen LogP contribution in [-0.4, -0.2) is 37.2 Å². The molecule has 0 aliphatic carbocycles. The van der Waals surface area contributed by atoms with Crippen LogP contribution in [0.15, 0.2) is 18.2 Å². The maximum absolute atomic E-state index is 13.4. The molecule has 1 aliphatic rings. The lowest BCUT2D eigenvalue weighted by Crippen LogP contribution is -2.34. The van der Waals surface area contributed by atoms with Crippen LogP contribution in [0.1, 0.15) is 31.2 Å². The Bertz CT molecular complexity index is 487. The molecule has 1 atom stereocenters. The van der Waals surface area contributed by atoms with Crippen LogP contribution in [0.3, 0.4) is 0 Å². The highest BCUT2D eigenvalue weighted by molar-refractivity contribution is 5.89. The van der Waals surface area contributed by atoms with Crippen LogP contribution < -0.4 is 5.32 Å². The van der Waals surface area contributed by atoms with E-state index in [1.54, 1.807) is 31.0 Å². The van der Waals surface area contributed by atoms with E-state index < -0.39 is 0 Å². The predicted molar refractivity (Wildman–Crippen MR) is 81.0 cm³/mol. The molecule has 0 saturated carbocycles. The SMILES string of the molecule is Cc1ccc(NC(=O)N(C)CCC2CCCCO2)cc1F. The van der Waals surface area contributed by atoms with Gasteiger partial charge in [0, 0.05) is 25.9 Å². The lowest BCUT2D eigenvalue weighted by Gasteiger charge is -2.25. The Morgan fingerprint density at radius 2 is 2.29 bits per heavy atom. The number of nitrogens with one attached hydrogen (secondary N) is 1. The zero-order valence-corrected chi connectivity index (χ0v) is 12.7. The van der Waals surface area contributed by atoms with Crippen molar-refractivity contribution in [2.24, 2.45) is 0 Å². The molecule has 116 valence electrons. The normalized spacial score (nSPS) is 18.3. The summed E-state index contributed by atoms with van der Waals surface area (Å²) in [6.45, 7) is 3.14. The summed E-state index contributed by atoms with van der Waals surface area (Å²) < 4.78 is 19.1. The summed E-state index contributed by atoms with van der Waals surface area (Å²) in [4.78, 5) is 13.6. The second-order valence-corrected chi connectivity index (χ2v) is 5.59. The van der Waals surface area contributed by atoms with Crippen molar-refractivity contribution in [2.45, 2.75) is 38.7 Å². The molecular weight excluding hydrogens is 271 g/mol. The highest BCUT2D eigenvalue weighted by atomic mass is 19.1. The molecule has 1 fully saturated rings. The van der Waals surface area contributed by atoms with Crippen LogP contribution in [0.5, 0.6) is 0 Å². The Morgan fingerprint density at radius 3 is 2.95 bits per heavy atom. The molecule has 1 aromatic carbocycles. The summed E-state index contributed by atoms with van der Waals surface area (Å²) in [5.74, 6) is -0.314. The summed E-state index contributed by atoms with van der Waals surface area (Å²) in [5.41, 5.74) is 1.04. The topological polar surface area (TPSA) is 41.6 Å². The Hall–Kier alpha value is -1.62. The number of hydrogen-bond donors (Lipinski definition) is 1. The van der Waals surface area contributed by atoms with E-state index in [1.165, 1.54) is 12.5 Å². The second kappa shape index (κ2) is 7.41. The first-order valence-corrected chi connectivity index (χ1v) is 7.46. The number of nitrogens with zero attached hydrogens (tertiary/aromatic N) is 1. The lowest BCUT2D eigenvalue weighted by molar-refractivity contribution is 0.00848. The van der Waals surface area contributed by atoms with Gasteiger partial charge >= 0.3 is 6.03 Å². The number of benzene rings is 1. The van der Waals surface area contributed by atoms with Gasteiger partial charge < -0.3 is 15.0 Å². The number of anilines is 1. The molecule has 0 aromatic heterocycles. The number of halogens is 1. The van der Waals surface area contributed by atoms with E-state index in [-0.39, 0.29) is 18.0 Å². The molecule has 2 rings (SSSR count). The number of carbonyl (C=O) groups excluding carboxylic acids is 1. The molecule has 1 saturated heterocycles. The van der Waals surface area contributed by atoms with Crippen LogP contribution in [-0.2, 0) is 4.74 Å². The molecule has 0 radical (unpaired) electrons. The van der Waals surface area contributed by atoms with Crippen molar-refractivity contribution in [1.29, 1.82) is 0 Å². The fourth-order valence-electron chi connectivity index (χ4n) is 2.36. The van der Waals surface area contributed by atoms with E-state index in [4.69, 9.17) is 4.74 Å². The number of rotatable bonds is 4. The van der Waals surface area contributed by atoms with Gasteiger partial charge in [0.05, 0.1) is 6.10 Å². The Balaban J connectivity index is 1.80. The average molecular weight is 294 g/mol. The smallest absolute Gasteiger partial charge is 0.321 e. The molecule has 1 aromatic rings. The van der Waals surface area contributed by atoms with E-state index in [0.29, 0.717) is 17.8 Å². The molecule has 5 heteroatoms. The molecule has 0 spiro atoms. The zero-order chi connectivity index (χ0) is 15.2. The van der Waals surface area contributed by atoms with Crippen molar-refractivity contribution in [3.63, 3.8) is 0 Å². The first-order chi connectivity index (χ1) is 10.1. The fraction of sp³-hybridized carbons (Fsp3) is 0.562. The summed E-state index contributed by atoms with van der Waals surface area (Å²) in [6.07, 6.45) is 4.49.